The SMILES string of the molecule is CCc1ccc([C@@H]2c3cccn3-c3ccccc3CN2C(=O)Nc2ccccc2C(=O)OC)cc1. The lowest BCUT2D eigenvalue weighted by atomic mass is 10.00. The van der Waals surface area contributed by atoms with E-state index in [1.54, 1.807) is 24.3 Å². The Labute approximate surface area is 204 Å². The second-order valence-electron chi connectivity index (χ2n) is 8.52. The second-order valence-corrected chi connectivity index (χ2v) is 8.52. The van der Waals surface area contributed by atoms with Gasteiger partial charge in [0.1, 0.15) is 0 Å². The summed E-state index contributed by atoms with van der Waals surface area (Å²) in [4.78, 5) is 28.0. The fourth-order valence-electron chi connectivity index (χ4n) is 4.69. The molecule has 0 spiro atoms. The van der Waals surface area contributed by atoms with Gasteiger partial charge in [0.15, 0.2) is 0 Å². The number of para-hydroxylation sites is 2. The third-order valence-corrected chi connectivity index (χ3v) is 6.50. The summed E-state index contributed by atoms with van der Waals surface area (Å²) in [5.74, 6) is -0.498. The van der Waals surface area contributed by atoms with Crippen molar-refractivity contribution >= 4 is 17.7 Å². The smallest absolute Gasteiger partial charge is 0.339 e. The van der Waals surface area contributed by atoms with Crippen LogP contribution in [0.1, 0.15) is 45.7 Å². The number of amides is 2. The third-order valence-electron chi connectivity index (χ3n) is 6.50. The lowest BCUT2D eigenvalue weighted by Crippen LogP contribution is -2.38. The highest BCUT2D eigenvalue weighted by molar-refractivity contribution is 6.01. The zero-order valence-corrected chi connectivity index (χ0v) is 19.8. The Kier molecular flexibility index (Phi) is 6.10. The van der Waals surface area contributed by atoms with Gasteiger partial charge in [0.05, 0.1) is 36.6 Å². The number of aromatic nitrogens is 1. The van der Waals surface area contributed by atoms with Gasteiger partial charge in [0.2, 0.25) is 0 Å². The average molecular weight is 466 g/mol. The van der Waals surface area contributed by atoms with Gasteiger partial charge in [-0.05, 0) is 53.4 Å². The molecule has 1 aliphatic heterocycles. The Morgan fingerprint density at radius 1 is 0.943 bits per heavy atom. The van der Waals surface area contributed by atoms with E-state index in [-0.39, 0.29) is 12.1 Å². The third kappa shape index (κ3) is 4.19. The number of aryl methyl sites for hydroxylation is 1. The van der Waals surface area contributed by atoms with Crippen LogP contribution in [0.25, 0.3) is 5.69 Å². The first-order valence-corrected chi connectivity index (χ1v) is 11.7. The van der Waals surface area contributed by atoms with E-state index in [4.69, 9.17) is 4.74 Å². The molecule has 5 rings (SSSR count). The van der Waals surface area contributed by atoms with Gasteiger partial charge in [-0.25, -0.2) is 9.59 Å². The standard InChI is InChI=1S/C29H27N3O3/c1-3-20-14-16-21(17-15-20)27-26-13-8-18-31(26)25-12-7-4-9-22(25)19-32(27)29(34)30-24-11-6-5-10-23(24)28(33)35-2/h4-18,27H,3,19H2,1-2H3,(H,30,34)/t27-/m1/s1. The molecule has 2 heterocycles. The molecule has 176 valence electrons. The van der Waals surface area contributed by atoms with Crippen molar-refractivity contribution in [3.8, 4) is 5.69 Å². The number of hydrogen-bond acceptors (Lipinski definition) is 3. The quantitative estimate of drug-likeness (QED) is 0.378. The Bertz CT molecular complexity index is 1370. The number of urea groups is 1. The molecule has 35 heavy (non-hydrogen) atoms. The summed E-state index contributed by atoms with van der Waals surface area (Å²) >= 11 is 0. The number of esters is 1. The van der Waals surface area contributed by atoms with Crippen LogP contribution in [0.3, 0.4) is 0 Å². The van der Waals surface area contributed by atoms with Crippen molar-refractivity contribution in [1.82, 2.24) is 9.47 Å². The van der Waals surface area contributed by atoms with Crippen molar-refractivity contribution in [2.45, 2.75) is 25.9 Å². The molecule has 3 aromatic carbocycles. The summed E-state index contributed by atoms with van der Waals surface area (Å²) in [5.41, 5.74) is 6.07. The van der Waals surface area contributed by atoms with Crippen LogP contribution in [0, 0.1) is 0 Å². The highest BCUT2D eigenvalue weighted by Crippen LogP contribution is 2.37. The number of fused-ring (bicyclic) bond motifs is 3. The zero-order valence-electron chi connectivity index (χ0n) is 19.8. The van der Waals surface area contributed by atoms with E-state index in [2.05, 4.69) is 53.2 Å². The molecule has 4 aromatic rings. The van der Waals surface area contributed by atoms with E-state index in [1.165, 1.54) is 12.7 Å². The van der Waals surface area contributed by atoms with Crippen molar-refractivity contribution in [1.29, 1.82) is 0 Å². The maximum Gasteiger partial charge on any atom is 0.339 e. The Balaban J connectivity index is 1.61. The van der Waals surface area contributed by atoms with Crippen LogP contribution in [0.4, 0.5) is 10.5 Å². The summed E-state index contributed by atoms with van der Waals surface area (Å²) in [6.07, 6.45) is 2.98. The first kappa shape index (κ1) is 22.5. The van der Waals surface area contributed by atoms with Gasteiger partial charge >= 0.3 is 12.0 Å². The summed E-state index contributed by atoms with van der Waals surface area (Å²) in [6, 6.07) is 26.9. The fourth-order valence-corrected chi connectivity index (χ4v) is 4.69. The molecule has 0 saturated carbocycles. The molecular weight excluding hydrogens is 438 g/mol. The molecule has 0 bridgehead atoms. The van der Waals surface area contributed by atoms with Gasteiger partial charge in [0.25, 0.3) is 0 Å². The minimum absolute atomic E-state index is 0.296. The number of methoxy groups -OCH3 is 1. The first-order chi connectivity index (χ1) is 17.1. The van der Waals surface area contributed by atoms with E-state index < -0.39 is 5.97 Å². The van der Waals surface area contributed by atoms with Crippen LogP contribution in [0.2, 0.25) is 0 Å². The Morgan fingerprint density at radius 2 is 1.69 bits per heavy atom. The van der Waals surface area contributed by atoms with Crippen LogP contribution in [0.5, 0.6) is 0 Å². The van der Waals surface area contributed by atoms with Crippen molar-refractivity contribution in [2.24, 2.45) is 0 Å². The number of carbonyl (C=O) groups excluding carboxylic acids is 2. The Morgan fingerprint density at radius 3 is 2.46 bits per heavy atom. The Hall–Kier alpha value is -4.32. The fraction of sp³-hybridized carbons (Fsp3) is 0.172. The number of benzene rings is 3. The molecular formula is C29H27N3O3. The maximum absolute atomic E-state index is 13.9. The van der Waals surface area contributed by atoms with Crippen LogP contribution >= 0.6 is 0 Å². The first-order valence-electron chi connectivity index (χ1n) is 11.7. The monoisotopic (exact) mass is 465 g/mol. The predicted molar refractivity (Wildman–Crippen MR) is 136 cm³/mol. The van der Waals surface area contributed by atoms with E-state index >= 15 is 0 Å². The maximum atomic E-state index is 13.9. The average Bonchev–Trinajstić information content (AvgIpc) is 3.33. The number of rotatable bonds is 4. The van der Waals surface area contributed by atoms with Crippen LogP contribution in [0.15, 0.2) is 91.1 Å². The van der Waals surface area contributed by atoms with Crippen LogP contribution < -0.4 is 5.32 Å². The van der Waals surface area contributed by atoms with Gasteiger partial charge in [-0.3, -0.25) is 0 Å². The lowest BCUT2D eigenvalue weighted by Gasteiger charge is -2.31. The number of nitrogens with one attached hydrogen (secondary N) is 1. The molecule has 6 nitrogen and oxygen atoms in total. The minimum atomic E-state index is -0.498. The van der Waals surface area contributed by atoms with E-state index in [1.807, 2.05) is 35.4 Å². The van der Waals surface area contributed by atoms with Crippen molar-refractivity contribution in [2.75, 3.05) is 12.4 Å². The van der Waals surface area contributed by atoms with Crippen LogP contribution in [-0.4, -0.2) is 28.6 Å². The molecule has 1 N–H and O–H groups in total. The summed E-state index contributed by atoms with van der Waals surface area (Å²) in [7, 11) is 1.33. The molecule has 0 aliphatic carbocycles. The molecule has 0 unspecified atom stereocenters. The van der Waals surface area contributed by atoms with Crippen molar-refractivity contribution in [3.63, 3.8) is 0 Å². The molecule has 1 aliphatic rings. The van der Waals surface area contributed by atoms with E-state index in [9.17, 15) is 9.59 Å². The van der Waals surface area contributed by atoms with Gasteiger partial charge in [0, 0.05) is 11.9 Å². The van der Waals surface area contributed by atoms with Gasteiger partial charge in [-0.2, -0.15) is 0 Å². The number of anilines is 1. The number of nitrogens with zero attached hydrogens (tertiary/aromatic N) is 2. The van der Waals surface area contributed by atoms with Gasteiger partial charge in [-0.15, -0.1) is 0 Å². The number of carbonyl (C=O) groups is 2. The number of ether oxygens (including phenoxy) is 1. The van der Waals surface area contributed by atoms with Crippen molar-refractivity contribution < 1.29 is 14.3 Å². The molecule has 1 atom stereocenters. The topological polar surface area (TPSA) is 63.6 Å². The molecule has 1 aromatic heterocycles. The molecule has 0 fully saturated rings. The van der Waals surface area contributed by atoms with E-state index in [0.717, 1.165) is 28.9 Å². The summed E-state index contributed by atoms with van der Waals surface area (Å²) in [5, 5.41) is 2.98. The molecule has 2 amide bonds. The highest BCUT2D eigenvalue weighted by atomic mass is 16.5. The van der Waals surface area contributed by atoms with Crippen LogP contribution in [-0.2, 0) is 17.7 Å². The van der Waals surface area contributed by atoms with Gasteiger partial charge in [-0.1, -0.05) is 61.5 Å². The van der Waals surface area contributed by atoms with Crippen molar-refractivity contribution in [3.05, 3.63) is 119 Å². The molecule has 0 radical (unpaired) electrons. The zero-order chi connectivity index (χ0) is 24.4. The molecule has 0 saturated heterocycles. The summed E-state index contributed by atoms with van der Waals surface area (Å²) < 4.78 is 7.07. The van der Waals surface area contributed by atoms with Gasteiger partial charge < -0.3 is 19.5 Å². The summed E-state index contributed by atoms with van der Waals surface area (Å²) in [6.45, 7) is 2.53. The highest BCUT2D eigenvalue weighted by Gasteiger charge is 2.33. The minimum Gasteiger partial charge on any atom is -0.465 e. The van der Waals surface area contributed by atoms with E-state index in [0.29, 0.717) is 17.8 Å². The largest absolute Gasteiger partial charge is 0.465 e. The number of hydrogen-bond donors (Lipinski definition) is 1. The molecule has 6 heteroatoms. The lowest BCUT2D eigenvalue weighted by molar-refractivity contribution is 0.0602. The normalized spacial score (nSPS) is 14.5. The predicted octanol–water partition coefficient (Wildman–Crippen LogP) is 5.96. The second kappa shape index (κ2) is 9.50.